The number of nitrogens with zero attached hydrogens (tertiary/aromatic N) is 2. The zero-order valence-electron chi connectivity index (χ0n) is 6.34. The van der Waals surface area contributed by atoms with Gasteiger partial charge in [0.15, 0.2) is 0 Å². The lowest BCUT2D eigenvalue weighted by atomic mass is 10.1. The van der Waals surface area contributed by atoms with E-state index in [-0.39, 0.29) is 6.04 Å². The normalized spacial score (nSPS) is 32.2. The number of carboxylic acid groups (broad SMARTS) is 1. The van der Waals surface area contributed by atoms with Gasteiger partial charge in [0.05, 0.1) is 6.04 Å². The van der Waals surface area contributed by atoms with E-state index in [0.717, 1.165) is 0 Å². The van der Waals surface area contributed by atoms with Gasteiger partial charge < -0.3 is 10.1 Å². The molecule has 0 aromatic heterocycles. The predicted molar refractivity (Wildman–Crippen MR) is 42.4 cm³/mol. The number of hydrogen-bond acceptors (Lipinski definition) is 4. The van der Waals surface area contributed by atoms with Crippen molar-refractivity contribution in [1.82, 2.24) is 10.4 Å². The second kappa shape index (κ2) is 2.60. The fourth-order valence-electron chi connectivity index (χ4n) is 1.39. The zero-order valence-corrected chi connectivity index (χ0v) is 6.34. The first-order valence-electron chi connectivity index (χ1n) is 3.74. The Labute approximate surface area is 69.4 Å². The van der Waals surface area contributed by atoms with Gasteiger partial charge in [-0.1, -0.05) is 0 Å². The molecule has 0 bridgehead atoms. The largest absolute Gasteiger partial charge is 0.480 e. The fourth-order valence-corrected chi connectivity index (χ4v) is 1.39. The second-order valence-corrected chi connectivity index (χ2v) is 2.83. The molecule has 0 radical (unpaired) electrons. The molecule has 1 saturated heterocycles. The van der Waals surface area contributed by atoms with Crippen LogP contribution in [0.25, 0.3) is 0 Å². The Balaban J connectivity index is 2.10. The lowest BCUT2D eigenvalue weighted by Gasteiger charge is -2.20. The molecule has 2 unspecified atom stereocenters. The molecule has 0 aromatic carbocycles. The molecule has 5 heteroatoms. The molecule has 0 aromatic rings. The van der Waals surface area contributed by atoms with Crippen molar-refractivity contribution in [2.45, 2.75) is 18.5 Å². The summed E-state index contributed by atoms with van der Waals surface area (Å²) in [5.41, 5.74) is 2.85. The first-order valence-corrected chi connectivity index (χ1v) is 3.74. The quantitative estimate of drug-likeness (QED) is 0.556. The van der Waals surface area contributed by atoms with Crippen LogP contribution in [0.4, 0.5) is 0 Å². The molecule has 2 aliphatic heterocycles. The van der Waals surface area contributed by atoms with Crippen LogP contribution in [-0.2, 0) is 4.79 Å². The summed E-state index contributed by atoms with van der Waals surface area (Å²) in [6, 6.07) is -0.389. The Bertz CT molecular complexity index is 241. The van der Waals surface area contributed by atoms with Gasteiger partial charge in [0, 0.05) is 25.0 Å². The lowest BCUT2D eigenvalue weighted by molar-refractivity contribution is -0.139. The second-order valence-electron chi connectivity index (χ2n) is 2.83. The minimum Gasteiger partial charge on any atom is -0.480 e. The Morgan fingerprint density at radius 1 is 1.75 bits per heavy atom. The molecule has 2 N–H and O–H groups in total. The van der Waals surface area contributed by atoms with Crippen molar-refractivity contribution in [2.75, 3.05) is 0 Å². The van der Waals surface area contributed by atoms with Crippen LogP contribution in [0.1, 0.15) is 6.42 Å². The molecular formula is C7H9N3O2. The number of fused-ring (bicyclic) bond motifs is 1. The molecule has 2 aliphatic rings. The molecular weight excluding hydrogens is 158 g/mol. The van der Waals surface area contributed by atoms with Crippen molar-refractivity contribution >= 4 is 12.2 Å². The maximum Gasteiger partial charge on any atom is 0.322 e. The van der Waals surface area contributed by atoms with Crippen LogP contribution in [-0.4, -0.2) is 34.4 Å². The van der Waals surface area contributed by atoms with Crippen molar-refractivity contribution < 1.29 is 9.90 Å². The molecule has 0 aliphatic carbocycles. The minimum absolute atomic E-state index is 0.0936. The molecule has 0 spiro atoms. The van der Waals surface area contributed by atoms with Crippen LogP contribution >= 0.6 is 0 Å². The number of hydrazine groups is 1. The van der Waals surface area contributed by atoms with E-state index >= 15 is 0 Å². The highest BCUT2D eigenvalue weighted by Gasteiger charge is 2.33. The van der Waals surface area contributed by atoms with Crippen LogP contribution in [0.5, 0.6) is 0 Å². The summed E-state index contributed by atoms with van der Waals surface area (Å²) in [5, 5.41) is 10.5. The van der Waals surface area contributed by atoms with Gasteiger partial charge in [-0.3, -0.25) is 9.79 Å². The van der Waals surface area contributed by atoms with Gasteiger partial charge in [0.25, 0.3) is 0 Å². The van der Waals surface area contributed by atoms with E-state index < -0.39 is 12.0 Å². The fraction of sp³-hybridized carbons (Fsp3) is 0.429. The third kappa shape index (κ3) is 1.08. The van der Waals surface area contributed by atoms with E-state index in [1.165, 1.54) is 0 Å². The molecule has 64 valence electrons. The Morgan fingerprint density at radius 3 is 3.25 bits per heavy atom. The van der Waals surface area contributed by atoms with Crippen molar-refractivity contribution in [3.8, 4) is 0 Å². The van der Waals surface area contributed by atoms with Gasteiger partial charge >= 0.3 is 5.97 Å². The molecule has 1 fully saturated rings. The highest BCUT2D eigenvalue weighted by molar-refractivity contribution is 5.76. The van der Waals surface area contributed by atoms with Crippen molar-refractivity contribution in [3.05, 3.63) is 12.4 Å². The predicted octanol–water partition coefficient (Wildman–Crippen LogP) is -0.426. The van der Waals surface area contributed by atoms with E-state index in [2.05, 4.69) is 10.4 Å². The monoisotopic (exact) mass is 167 g/mol. The van der Waals surface area contributed by atoms with Gasteiger partial charge in [0.1, 0.15) is 6.04 Å². The lowest BCUT2D eigenvalue weighted by Crippen LogP contribution is -2.39. The topological polar surface area (TPSA) is 64.9 Å². The van der Waals surface area contributed by atoms with Crippen LogP contribution in [0.15, 0.2) is 17.4 Å². The third-order valence-corrected chi connectivity index (χ3v) is 2.01. The van der Waals surface area contributed by atoms with Crippen LogP contribution in [0.3, 0.4) is 0 Å². The van der Waals surface area contributed by atoms with E-state index in [1.807, 2.05) is 0 Å². The van der Waals surface area contributed by atoms with Crippen molar-refractivity contribution in [3.63, 3.8) is 0 Å². The Morgan fingerprint density at radius 2 is 2.58 bits per heavy atom. The SMILES string of the molecule is O=C(O)C1CC2C=NC=CN2N1. The van der Waals surface area contributed by atoms with Crippen molar-refractivity contribution in [1.29, 1.82) is 0 Å². The third-order valence-electron chi connectivity index (χ3n) is 2.01. The Hall–Kier alpha value is -1.36. The number of hydrogen-bond donors (Lipinski definition) is 2. The van der Waals surface area contributed by atoms with E-state index in [4.69, 9.17) is 5.11 Å². The molecule has 2 rings (SSSR count). The molecule has 2 heterocycles. The highest BCUT2D eigenvalue weighted by Crippen LogP contribution is 2.15. The van der Waals surface area contributed by atoms with Gasteiger partial charge in [-0.05, 0) is 0 Å². The number of aliphatic carboxylic acids is 1. The number of rotatable bonds is 1. The summed E-state index contributed by atoms with van der Waals surface area (Å²) >= 11 is 0. The standard InChI is InChI=1S/C7H9N3O2/c11-7(12)6-3-5-4-8-1-2-10(5)9-6/h1-2,4-6,9H,3H2,(H,11,12). The summed E-state index contributed by atoms with van der Waals surface area (Å²) in [7, 11) is 0. The first-order chi connectivity index (χ1) is 5.77. The smallest absolute Gasteiger partial charge is 0.322 e. The van der Waals surface area contributed by atoms with E-state index in [1.54, 1.807) is 23.6 Å². The molecule has 5 nitrogen and oxygen atoms in total. The van der Waals surface area contributed by atoms with E-state index in [0.29, 0.717) is 6.42 Å². The van der Waals surface area contributed by atoms with Crippen molar-refractivity contribution in [2.24, 2.45) is 4.99 Å². The van der Waals surface area contributed by atoms with Gasteiger partial charge in [-0.15, -0.1) is 0 Å². The van der Waals surface area contributed by atoms with Crippen LogP contribution in [0, 0.1) is 0 Å². The van der Waals surface area contributed by atoms with Crippen LogP contribution in [0.2, 0.25) is 0 Å². The number of aliphatic imine (C=N–C) groups is 1. The number of carbonyl (C=O) groups is 1. The summed E-state index contributed by atoms with van der Waals surface area (Å²) in [4.78, 5) is 14.5. The van der Waals surface area contributed by atoms with Gasteiger partial charge in [-0.2, -0.15) is 0 Å². The first kappa shape index (κ1) is 7.30. The Kier molecular flexibility index (Phi) is 1.58. The maximum absolute atomic E-state index is 10.6. The maximum atomic E-state index is 10.6. The zero-order chi connectivity index (χ0) is 8.55. The van der Waals surface area contributed by atoms with E-state index in [9.17, 15) is 4.79 Å². The summed E-state index contributed by atoms with van der Waals surface area (Å²) in [6.45, 7) is 0. The highest BCUT2D eigenvalue weighted by atomic mass is 16.4. The number of nitrogens with one attached hydrogen (secondary N) is 1. The van der Waals surface area contributed by atoms with Crippen LogP contribution < -0.4 is 5.43 Å². The molecule has 0 amide bonds. The summed E-state index contributed by atoms with van der Waals surface area (Å²) < 4.78 is 0. The molecule has 2 atom stereocenters. The average molecular weight is 167 g/mol. The summed E-state index contributed by atoms with van der Waals surface area (Å²) in [5.74, 6) is -0.814. The summed E-state index contributed by atoms with van der Waals surface area (Å²) in [6.07, 6.45) is 5.69. The molecule has 0 saturated carbocycles. The van der Waals surface area contributed by atoms with Gasteiger partial charge in [-0.25, -0.2) is 5.43 Å². The number of carboxylic acids is 1. The minimum atomic E-state index is -0.814. The average Bonchev–Trinajstić information content (AvgIpc) is 2.46. The molecule has 12 heavy (non-hydrogen) atoms. The van der Waals surface area contributed by atoms with Gasteiger partial charge in [0.2, 0.25) is 0 Å².